The number of fused-ring (bicyclic) bond motifs is 4. The summed E-state index contributed by atoms with van der Waals surface area (Å²) < 4.78 is 17.2. The molecule has 174 valence electrons. The maximum atomic E-state index is 12.8. The van der Waals surface area contributed by atoms with Crippen LogP contribution >= 0.6 is 0 Å². The average Bonchev–Trinajstić information content (AvgIpc) is 3.12. The van der Waals surface area contributed by atoms with Gasteiger partial charge in [0.25, 0.3) is 0 Å². The zero-order valence-electron chi connectivity index (χ0n) is 19.9. The second kappa shape index (κ2) is 7.89. The highest BCUT2D eigenvalue weighted by Gasteiger charge is 2.62. The van der Waals surface area contributed by atoms with Crippen molar-refractivity contribution in [2.45, 2.75) is 65.4 Å². The van der Waals surface area contributed by atoms with E-state index in [9.17, 15) is 9.59 Å². The van der Waals surface area contributed by atoms with E-state index in [-0.39, 0.29) is 17.4 Å². The fourth-order valence-corrected chi connectivity index (χ4v) is 6.60. The first kappa shape index (κ1) is 22.0. The Morgan fingerprint density at radius 2 is 1.73 bits per heavy atom. The fraction of sp³-hybridized carbons (Fsp3) is 0.500. The molecule has 2 aromatic carbocycles. The molecule has 0 amide bonds. The van der Waals surface area contributed by atoms with Crippen LogP contribution in [0.4, 0.5) is 0 Å². The third-order valence-corrected chi connectivity index (χ3v) is 8.80. The lowest BCUT2D eigenvalue weighted by Crippen LogP contribution is -2.32. The highest BCUT2D eigenvalue weighted by Crippen LogP contribution is 2.71. The minimum Gasteiger partial charge on any atom is -0.466 e. The van der Waals surface area contributed by atoms with Gasteiger partial charge in [-0.1, -0.05) is 51.1 Å². The van der Waals surface area contributed by atoms with Crippen molar-refractivity contribution in [2.24, 2.45) is 16.7 Å². The number of esters is 2. The molecule has 4 unspecified atom stereocenters. The molecule has 33 heavy (non-hydrogen) atoms. The third-order valence-electron chi connectivity index (χ3n) is 8.80. The largest absolute Gasteiger partial charge is 0.466 e. The SMILES string of the molecule is CCOC(=O)CC(=O)OC1c2ccccc2Oc2cccc(C3CC4CCC3(C)C4(C)C)c21. The summed E-state index contributed by atoms with van der Waals surface area (Å²) in [5.74, 6) is 1.29. The van der Waals surface area contributed by atoms with E-state index in [2.05, 4.69) is 26.8 Å². The van der Waals surface area contributed by atoms with Gasteiger partial charge in [-0.2, -0.15) is 0 Å². The molecule has 1 aliphatic heterocycles. The molecular weight excluding hydrogens is 416 g/mol. The molecule has 0 spiro atoms. The van der Waals surface area contributed by atoms with Gasteiger partial charge in [0.1, 0.15) is 17.9 Å². The Balaban J connectivity index is 1.57. The second-order valence-corrected chi connectivity index (χ2v) is 10.4. The summed E-state index contributed by atoms with van der Waals surface area (Å²) in [5.41, 5.74) is 3.35. The van der Waals surface area contributed by atoms with Crippen LogP contribution in [0.3, 0.4) is 0 Å². The van der Waals surface area contributed by atoms with E-state index in [0.717, 1.165) is 23.3 Å². The molecule has 5 rings (SSSR count). The molecule has 0 saturated heterocycles. The van der Waals surface area contributed by atoms with Gasteiger partial charge in [-0.05, 0) is 66.5 Å². The lowest BCUT2D eigenvalue weighted by atomic mass is 9.64. The number of benzene rings is 2. The van der Waals surface area contributed by atoms with Crippen LogP contribution in [-0.2, 0) is 19.1 Å². The summed E-state index contributed by atoms with van der Waals surface area (Å²) in [6, 6.07) is 13.8. The average molecular weight is 449 g/mol. The van der Waals surface area contributed by atoms with Gasteiger partial charge in [-0.15, -0.1) is 0 Å². The Labute approximate surface area is 195 Å². The smallest absolute Gasteiger partial charge is 0.318 e. The number of rotatable bonds is 5. The number of carbonyl (C=O) groups excluding carboxylic acids is 2. The summed E-state index contributed by atoms with van der Waals surface area (Å²) in [4.78, 5) is 24.7. The van der Waals surface area contributed by atoms with Crippen LogP contribution in [0, 0.1) is 16.7 Å². The minimum atomic E-state index is -0.617. The van der Waals surface area contributed by atoms with Crippen LogP contribution < -0.4 is 4.74 Å². The molecule has 1 heterocycles. The Morgan fingerprint density at radius 1 is 1.00 bits per heavy atom. The maximum absolute atomic E-state index is 12.8. The quantitative estimate of drug-likeness (QED) is 0.396. The predicted octanol–water partition coefficient (Wildman–Crippen LogP) is 6.31. The molecule has 5 nitrogen and oxygen atoms in total. The molecular formula is C28H32O5. The highest BCUT2D eigenvalue weighted by molar-refractivity contribution is 5.91. The highest BCUT2D eigenvalue weighted by atomic mass is 16.6. The van der Waals surface area contributed by atoms with Gasteiger partial charge in [0.15, 0.2) is 6.10 Å². The lowest BCUT2D eigenvalue weighted by Gasteiger charge is -2.41. The van der Waals surface area contributed by atoms with E-state index >= 15 is 0 Å². The Morgan fingerprint density at radius 3 is 2.42 bits per heavy atom. The summed E-state index contributed by atoms with van der Waals surface area (Å²) in [7, 11) is 0. The van der Waals surface area contributed by atoms with Gasteiger partial charge in [-0.25, -0.2) is 0 Å². The van der Waals surface area contributed by atoms with Crippen LogP contribution in [0.2, 0.25) is 0 Å². The van der Waals surface area contributed by atoms with E-state index in [1.54, 1.807) is 6.92 Å². The number of carbonyl (C=O) groups is 2. The van der Waals surface area contributed by atoms with E-state index in [0.29, 0.717) is 17.6 Å². The van der Waals surface area contributed by atoms with Crippen LogP contribution in [-0.4, -0.2) is 18.5 Å². The molecule has 2 aliphatic carbocycles. The Bertz CT molecular complexity index is 1100. The molecule has 2 bridgehead atoms. The summed E-state index contributed by atoms with van der Waals surface area (Å²) in [6.45, 7) is 9.18. The number of hydrogen-bond acceptors (Lipinski definition) is 5. The zero-order valence-corrected chi connectivity index (χ0v) is 19.9. The Hall–Kier alpha value is -2.82. The molecule has 2 fully saturated rings. The molecule has 2 aromatic rings. The van der Waals surface area contributed by atoms with Crippen molar-refractivity contribution < 1.29 is 23.8 Å². The van der Waals surface area contributed by atoms with Gasteiger partial charge in [0, 0.05) is 11.1 Å². The minimum absolute atomic E-state index is 0.170. The number of para-hydroxylation sites is 1. The normalized spacial score (nSPS) is 28.4. The van der Waals surface area contributed by atoms with Crippen molar-refractivity contribution in [3.8, 4) is 11.5 Å². The zero-order chi connectivity index (χ0) is 23.4. The molecule has 2 saturated carbocycles. The first-order chi connectivity index (χ1) is 15.8. The molecule has 0 N–H and O–H groups in total. The van der Waals surface area contributed by atoms with Gasteiger partial charge in [-0.3, -0.25) is 9.59 Å². The molecule has 0 aromatic heterocycles. The second-order valence-electron chi connectivity index (χ2n) is 10.4. The molecule has 3 aliphatic rings. The van der Waals surface area contributed by atoms with Crippen molar-refractivity contribution in [1.82, 2.24) is 0 Å². The van der Waals surface area contributed by atoms with E-state index in [1.165, 1.54) is 18.4 Å². The summed E-state index contributed by atoms with van der Waals surface area (Å²) in [5, 5.41) is 0. The fourth-order valence-electron chi connectivity index (χ4n) is 6.60. The van der Waals surface area contributed by atoms with Gasteiger partial charge < -0.3 is 14.2 Å². The maximum Gasteiger partial charge on any atom is 0.318 e. The van der Waals surface area contributed by atoms with E-state index < -0.39 is 24.5 Å². The van der Waals surface area contributed by atoms with Crippen molar-refractivity contribution in [1.29, 1.82) is 0 Å². The monoisotopic (exact) mass is 448 g/mol. The van der Waals surface area contributed by atoms with Crippen LogP contribution in [0.5, 0.6) is 11.5 Å². The molecule has 0 radical (unpaired) electrons. The number of hydrogen-bond donors (Lipinski definition) is 0. The van der Waals surface area contributed by atoms with Gasteiger partial charge in [0.2, 0.25) is 0 Å². The van der Waals surface area contributed by atoms with Gasteiger partial charge >= 0.3 is 11.9 Å². The first-order valence-electron chi connectivity index (χ1n) is 12.0. The van der Waals surface area contributed by atoms with Crippen molar-refractivity contribution >= 4 is 11.9 Å². The first-order valence-corrected chi connectivity index (χ1v) is 12.0. The lowest BCUT2D eigenvalue weighted by molar-refractivity contribution is -0.156. The van der Waals surface area contributed by atoms with Gasteiger partial charge in [0.05, 0.1) is 6.61 Å². The standard InChI is InChI=1S/C28H32O5/c1-5-31-23(29)16-24(30)33-26-19-9-6-7-11-21(19)32-22-12-8-10-18(25(22)26)20-15-17-13-14-28(20,4)27(17,2)3/h6-12,17,20,26H,5,13-16H2,1-4H3. The number of ether oxygens (including phenoxy) is 3. The van der Waals surface area contributed by atoms with E-state index in [4.69, 9.17) is 14.2 Å². The summed E-state index contributed by atoms with van der Waals surface area (Å²) in [6.07, 6.45) is 2.58. The Kier molecular flexibility index (Phi) is 5.26. The van der Waals surface area contributed by atoms with Crippen molar-refractivity contribution in [3.05, 3.63) is 59.2 Å². The molecule has 5 heteroatoms. The topological polar surface area (TPSA) is 61.8 Å². The molecule has 4 atom stereocenters. The van der Waals surface area contributed by atoms with Crippen LogP contribution in [0.15, 0.2) is 42.5 Å². The van der Waals surface area contributed by atoms with Crippen molar-refractivity contribution in [3.63, 3.8) is 0 Å². The van der Waals surface area contributed by atoms with Crippen LogP contribution in [0.25, 0.3) is 0 Å². The summed E-state index contributed by atoms with van der Waals surface area (Å²) >= 11 is 0. The van der Waals surface area contributed by atoms with Crippen LogP contribution in [0.1, 0.15) is 82.1 Å². The third kappa shape index (κ3) is 3.35. The predicted molar refractivity (Wildman–Crippen MR) is 124 cm³/mol. The van der Waals surface area contributed by atoms with Crippen molar-refractivity contribution in [2.75, 3.05) is 6.61 Å². The van der Waals surface area contributed by atoms with E-state index in [1.807, 2.05) is 36.4 Å².